The lowest BCUT2D eigenvalue weighted by molar-refractivity contribution is -0.127. The first kappa shape index (κ1) is 16.0. The molecule has 0 radical (unpaired) electrons. The van der Waals surface area contributed by atoms with Crippen molar-refractivity contribution in [2.24, 2.45) is 0 Å². The maximum atomic E-state index is 11.7. The van der Waals surface area contributed by atoms with E-state index in [1.165, 1.54) is 0 Å². The topological polar surface area (TPSA) is 61.4 Å². The maximum absolute atomic E-state index is 11.7. The lowest BCUT2D eigenvalue weighted by atomic mass is 10.1. The third kappa shape index (κ3) is 5.73. The van der Waals surface area contributed by atoms with Crippen molar-refractivity contribution in [2.75, 3.05) is 19.4 Å². The lowest BCUT2D eigenvalue weighted by Crippen LogP contribution is -2.43. The number of carbonyl (C=O) groups excluding carboxylic acids is 2. The molecule has 0 aliphatic rings. The Morgan fingerprint density at radius 2 is 1.65 bits per heavy atom. The average Bonchev–Trinajstić information content (AvgIpc) is 2.28. The van der Waals surface area contributed by atoms with Gasteiger partial charge in [0.05, 0.1) is 6.42 Å². The van der Waals surface area contributed by atoms with Gasteiger partial charge in [-0.1, -0.05) is 12.1 Å². The number of benzene rings is 1. The van der Waals surface area contributed by atoms with Gasteiger partial charge in [-0.3, -0.25) is 4.79 Å². The fourth-order valence-corrected chi connectivity index (χ4v) is 1.54. The molecule has 110 valence electrons. The molecule has 3 amide bonds. The highest BCUT2D eigenvalue weighted by molar-refractivity contribution is 5.89. The number of anilines is 1. The van der Waals surface area contributed by atoms with Crippen LogP contribution in [0.25, 0.3) is 0 Å². The van der Waals surface area contributed by atoms with Crippen LogP contribution in [0, 0.1) is 0 Å². The third-order valence-corrected chi connectivity index (χ3v) is 2.55. The van der Waals surface area contributed by atoms with E-state index in [1.807, 2.05) is 32.9 Å². The minimum atomic E-state index is -0.276. The molecule has 0 fully saturated rings. The molecule has 0 unspecified atom stereocenters. The van der Waals surface area contributed by atoms with Gasteiger partial charge >= 0.3 is 6.03 Å². The molecule has 1 aromatic carbocycles. The maximum Gasteiger partial charge on any atom is 0.319 e. The molecule has 0 atom stereocenters. The Hall–Kier alpha value is -2.04. The van der Waals surface area contributed by atoms with E-state index >= 15 is 0 Å². The van der Waals surface area contributed by atoms with Crippen LogP contribution in [0.3, 0.4) is 0 Å². The number of rotatable bonds is 3. The van der Waals surface area contributed by atoms with Gasteiger partial charge in [0.1, 0.15) is 0 Å². The summed E-state index contributed by atoms with van der Waals surface area (Å²) in [7, 11) is 3.46. The second-order valence-corrected chi connectivity index (χ2v) is 5.99. The molecule has 0 aliphatic carbocycles. The van der Waals surface area contributed by atoms with Crippen LogP contribution in [0.15, 0.2) is 24.3 Å². The van der Waals surface area contributed by atoms with Crippen LogP contribution < -0.4 is 10.6 Å². The van der Waals surface area contributed by atoms with E-state index < -0.39 is 0 Å². The largest absolute Gasteiger partial charge is 0.349 e. The molecule has 0 saturated carbocycles. The first-order valence-corrected chi connectivity index (χ1v) is 6.55. The van der Waals surface area contributed by atoms with Gasteiger partial charge in [0.15, 0.2) is 0 Å². The molecule has 5 heteroatoms. The second kappa shape index (κ2) is 6.41. The number of urea groups is 1. The highest BCUT2D eigenvalue weighted by atomic mass is 16.2. The van der Waals surface area contributed by atoms with E-state index in [0.717, 1.165) is 5.56 Å². The van der Waals surface area contributed by atoms with Gasteiger partial charge in [0.2, 0.25) is 5.91 Å². The van der Waals surface area contributed by atoms with Crippen molar-refractivity contribution in [3.63, 3.8) is 0 Å². The Balaban J connectivity index is 2.59. The molecule has 20 heavy (non-hydrogen) atoms. The second-order valence-electron chi connectivity index (χ2n) is 5.99. The van der Waals surface area contributed by atoms with Gasteiger partial charge in [-0.05, 0) is 38.5 Å². The Bertz CT molecular complexity index is 473. The van der Waals surface area contributed by atoms with E-state index in [9.17, 15) is 9.59 Å². The fourth-order valence-electron chi connectivity index (χ4n) is 1.54. The zero-order valence-electron chi connectivity index (χ0n) is 12.8. The van der Waals surface area contributed by atoms with E-state index in [-0.39, 0.29) is 17.5 Å². The van der Waals surface area contributed by atoms with Crippen LogP contribution >= 0.6 is 0 Å². The first-order valence-electron chi connectivity index (χ1n) is 6.55. The number of amides is 3. The van der Waals surface area contributed by atoms with Crippen molar-refractivity contribution in [1.29, 1.82) is 0 Å². The monoisotopic (exact) mass is 277 g/mol. The zero-order chi connectivity index (χ0) is 15.3. The van der Waals surface area contributed by atoms with Crippen LogP contribution in [-0.2, 0) is 11.2 Å². The molecule has 2 N–H and O–H groups in total. The van der Waals surface area contributed by atoms with Gasteiger partial charge < -0.3 is 15.5 Å². The van der Waals surface area contributed by atoms with Crippen LogP contribution in [-0.4, -0.2) is 36.5 Å². The Kier molecular flexibility index (Phi) is 5.13. The summed E-state index contributed by atoms with van der Waals surface area (Å²) in [5, 5.41) is 5.57. The number of nitrogens with one attached hydrogen (secondary N) is 2. The Morgan fingerprint density at radius 3 is 2.10 bits per heavy atom. The normalized spacial score (nSPS) is 10.8. The predicted molar refractivity (Wildman–Crippen MR) is 80.7 cm³/mol. The lowest BCUT2D eigenvalue weighted by Gasteiger charge is -2.20. The summed E-state index contributed by atoms with van der Waals surface area (Å²) >= 11 is 0. The van der Waals surface area contributed by atoms with Gasteiger partial charge in [-0.25, -0.2) is 4.79 Å². The van der Waals surface area contributed by atoms with E-state index in [0.29, 0.717) is 12.1 Å². The quantitative estimate of drug-likeness (QED) is 0.890. The first-order chi connectivity index (χ1) is 9.17. The molecular weight excluding hydrogens is 254 g/mol. The third-order valence-electron chi connectivity index (χ3n) is 2.55. The summed E-state index contributed by atoms with van der Waals surface area (Å²) < 4.78 is 0. The molecule has 0 aromatic heterocycles. The van der Waals surface area contributed by atoms with Gasteiger partial charge in [-0.15, -0.1) is 0 Å². The molecule has 0 aliphatic heterocycles. The summed E-state index contributed by atoms with van der Waals surface area (Å²) in [6.45, 7) is 5.76. The van der Waals surface area contributed by atoms with Crippen LogP contribution in [0.5, 0.6) is 0 Å². The van der Waals surface area contributed by atoms with Crippen LogP contribution in [0.1, 0.15) is 26.3 Å². The van der Waals surface area contributed by atoms with Crippen LogP contribution in [0.4, 0.5) is 10.5 Å². The Labute approximate surface area is 120 Å². The zero-order valence-corrected chi connectivity index (χ0v) is 12.8. The summed E-state index contributed by atoms with van der Waals surface area (Å²) in [5.74, 6) is 0.0520. The van der Waals surface area contributed by atoms with Gasteiger partial charge in [0, 0.05) is 25.3 Å². The standard InChI is InChI=1S/C15H23N3O2/c1-15(2,3)17-14(20)16-12-8-6-11(7-9-12)10-13(19)18(4)5/h6-9H,10H2,1-5H3,(H2,16,17,20). The summed E-state index contributed by atoms with van der Waals surface area (Å²) in [5.41, 5.74) is 1.35. The SMILES string of the molecule is CN(C)C(=O)Cc1ccc(NC(=O)NC(C)(C)C)cc1. The molecule has 0 spiro atoms. The number of hydrogen-bond donors (Lipinski definition) is 2. The van der Waals surface area contributed by atoms with Gasteiger partial charge in [0.25, 0.3) is 0 Å². The molecular formula is C15H23N3O2. The van der Waals surface area contributed by atoms with Crippen molar-refractivity contribution < 1.29 is 9.59 Å². The predicted octanol–water partition coefficient (Wildman–Crippen LogP) is 2.24. The smallest absolute Gasteiger partial charge is 0.319 e. The molecule has 0 heterocycles. The number of likely N-dealkylation sites (N-methyl/N-ethyl adjacent to an activating group) is 1. The van der Waals surface area contributed by atoms with E-state index in [1.54, 1.807) is 31.1 Å². The van der Waals surface area contributed by atoms with Crippen molar-refractivity contribution in [2.45, 2.75) is 32.7 Å². The minimum absolute atomic E-state index is 0.0520. The molecule has 0 bridgehead atoms. The molecule has 5 nitrogen and oxygen atoms in total. The average molecular weight is 277 g/mol. The summed E-state index contributed by atoms with van der Waals surface area (Å²) in [6.07, 6.45) is 0.363. The summed E-state index contributed by atoms with van der Waals surface area (Å²) in [4.78, 5) is 24.8. The number of carbonyl (C=O) groups is 2. The Morgan fingerprint density at radius 1 is 1.10 bits per heavy atom. The van der Waals surface area contributed by atoms with E-state index in [2.05, 4.69) is 10.6 Å². The highest BCUT2D eigenvalue weighted by Gasteiger charge is 2.13. The van der Waals surface area contributed by atoms with Gasteiger partial charge in [-0.2, -0.15) is 0 Å². The number of nitrogens with zero attached hydrogens (tertiary/aromatic N) is 1. The molecule has 1 aromatic rings. The van der Waals surface area contributed by atoms with Crippen LogP contribution in [0.2, 0.25) is 0 Å². The van der Waals surface area contributed by atoms with Crippen molar-refractivity contribution in [1.82, 2.24) is 10.2 Å². The highest BCUT2D eigenvalue weighted by Crippen LogP contribution is 2.11. The van der Waals surface area contributed by atoms with Crippen molar-refractivity contribution >= 4 is 17.6 Å². The molecule has 0 saturated heterocycles. The fraction of sp³-hybridized carbons (Fsp3) is 0.467. The summed E-state index contributed by atoms with van der Waals surface area (Å²) in [6, 6.07) is 7.03. The molecule has 1 rings (SSSR count). The van der Waals surface area contributed by atoms with E-state index in [4.69, 9.17) is 0 Å². The minimum Gasteiger partial charge on any atom is -0.349 e. The van der Waals surface area contributed by atoms with Crippen molar-refractivity contribution in [3.05, 3.63) is 29.8 Å². The number of hydrogen-bond acceptors (Lipinski definition) is 2. The van der Waals surface area contributed by atoms with Crippen molar-refractivity contribution in [3.8, 4) is 0 Å².